The zero-order valence-corrected chi connectivity index (χ0v) is 19.4. The van der Waals surface area contributed by atoms with E-state index in [0.717, 1.165) is 5.56 Å². The Morgan fingerprint density at radius 1 is 1.06 bits per heavy atom. The van der Waals surface area contributed by atoms with Crippen LogP contribution < -0.4 is 16.4 Å². The van der Waals surface area contributed by atoms with E-state index in [4.69, 9.17) is 10.8 Å². The van der Waals surface area contributed by atoms with E-state index in [2.05, 4.69) is 23.3 Å². The predicted octanol–water partition coefficient (Wildman–Crippen LogP) is -0.604. The first kappa shape index (κ1) is 27.1. The SMILES string of the molecule is NC(Cc1ccccc1)C(=O)NC(CCC(=O)O)C(=O)NC(CS)C(=O)N1CCCC1C(=O)O. The van der Waals surface area contributed by atoms with Crippen LogP contribution in [0.15, 0.2) is 30.3 Å². The average molecular weight is 495 g/mol. The van der Waals surface area contributed by atoms with Gasteiger partial charge in [0.1, 0.15) is 18.1 Å². The molecule has 1 heterocycles. The Labute approximate surface area is 202 Å². The van der Waals surface area contributed by atoms with Gasteiger partial charge in [0, 0.05) is 18.7 Å². The number of nitrogens with one attached hydrogen (secondary N) is 2. The fourth-order valence-electron chi connectivity index (χ4n) is 3.72. The van der Waals surface area contributed by atoms with Crippen molar-refractivity contribution in [3.63, 3.8) is 0 Å². The van der Waals surface area contributed by atoms with Crippen LogP contribution in [0.2, 0.25) is 0 Å². The molecule has 0 aliphatic carbocycles. The summed E-state index contributed by atoms with van der Waals surface area (Å²) in [4.78, 5) is 62.0. The van der Waals surface area contributed by atoms with Crippen molar-refractivity contribution in [3.05, 3.63) is 35.9 Å². The third-order valence-corrected chi connectivity index (χ3v) is 5.90. The first-order valence-corrected chi connectivity index (χ1v) is 11.5. The second kappa shape index (κ2) is 12.9. The number of rotatable bonds is 12. The number of carboxylic acids is 2. The lowest BCUT2D eigenvalue weighted by molar-refractivity contribution is -0.149. The highest BCUT2D eigenvalue weighted by Gasteiger charge is 2.38. The molecule has 0 aromatic heterocycles. The highest BCUT2D eigenvalue weighted by molar-refractivity contribution is 7.80. The second-order valence-corrected chi connectivity index (χ2v) is 8.43. The van der Waals surface area contributed by atoms with Gasteiger partial charge in [-0.1, -0.05) is 30.3 Å². The molecule has 1 aliphatic heterocycles. The van der Waals surface area contributed by atoms with E-state index in [0.29, 0.717) is 12.8 Å². The predicted molar refractivity (Wildman–Crippen MR) is 125 cm³/mol. The lowest BCUT2D eigenvalue weighted by Gasteiger charge is -2.28. The standard InChI is InChI=1S/C22H30N4O7S/c23-14(11-13-5-2-1-3-6-13)19(29)24-15(8-9-18(27)28)20(30)25-16(12-34)21(31)26-10-4-7-17(26)22(32)33/h1-3,5-6,14-17,34H,4,7-12,23H2,(H,24,29)(H,25,30)(H,27,28)(H,32,33). The number of thiol groups is 1. The number of carboxylic acid groups (broad SMARTS) is 2. The Morgan fingerprint density at radius 3 is 2.29 bits per heavy atom. The van der Waals surface area contributed by atoms with Crippen molar-refractivity contribution in [3.8, 4) is 0 Å². The van der Waals surface area contributed by atoms with Crippen LogP contribution in [0, 0.1) is 0 Å². The van der Waals surface area contributed by atoms with Gasteiger partial charge in [-0.25, -0.2) is 4.79 Å². The molecule has 1 aromatic carbocycles. The Balaban J connectivity index is 2.07. The molecule has 6 N–H and O–H groups in total. The van der Waals surface area contributed by atoms with Gasteiger partial charge >= 0.3 is 11.9 Å². The normalized spacial score (nSPS) is 17.9. The number of carbonyl (C=O) groups excluding carboxylic acids is 3. The van der Waals surface area contributed by atoms with E-state index in [1.54, 1.807) is 24.3 Å². The van der Waals surface area contributed by atoms with Gasteiger partial charge in [-0.3, -0.25) is 19.2 Å². The molecule has 0 radical (unpaired) electrons. The van der Waals surface area contributed by atoms with Gasteiger partial charge in [0.15, 0.2) is 0 Å². The molecule has 11 nitrogen and oxygen atoms in total. The van der Waals surface area contributed by atoms with E-state index in [1.807, 2.05) is 6.07 Å². The fourth-order valence-corrected chi connectivity index (χ4v) is 3.97. The van der Waals surface area contributed by atoms with Crippen molar-refractivity contribution < 1.29 is 34.2 Å². The summed E-state index contributed by atoms with van der Waals surface area (Å²) in [6.07, 6.45) is 0.416. The third kappa shape index (κ3) is 7.73. The number of nitrogens with two attached hydrogens (primary N) is 1. The van der Waals surface area contributed by atoms with Crippen molar-refractivity contribution in [1.82, 2.24) is 15.5 Å². The number of nitrogens with zero attached hydrogens (tertiary/aromatic N) is 1. The number of hydrogen-bond donors (Lipinski definition) is 6. The molecule has 2 rings (SSSR count). The molecule has 1 fully saturated rings. The zero-order valence-electron chi connectivity index (χ0n) is 18.6. The lowest BCUT2D eigenvalue weighted by atomic mass is 10.0. The van der Waals surface area contributed by atoms with Crippen LogP contribution in [-0.2, 0) is 30.4 Å². The van der Waals surface area contributed by atoms with Crippen LogP contribution in [0.5, 0.6) is 0 Å². The Bertz CT molecular complexity index is 898. The summed E-state index contributed by atoms with van der Waals surface area (Å²) in [6.45, 7) is 0.240. The van der Waals surface area contributed by atoms with Crippen molar-refractivity contribution >= 4 is 42.3 Å². The average Bonchev–Trinajstić information content (AvgIpc) is 3.30. The minimum Gasteiger partial charge on any atom is -0.481 e. The van der Waals surface area contributed by atoms with Gasteiger partial charge in [-0.05, 0) is 31.2 Å². The topological polar surface area (TPSA) is 179 Å². The van der Waals surface area contributed by atoms with Gasteiger partial charge in [-0.2, -0.15) is 12.6 Å². The smallest absolute Gasteiger partial charge is 0.326 e. The summed E-state index contributed by atoms with van der Waals surface area (Å²) in [5.74, 6) is -4.43. The molecule has 1 aliphatic rings. The molecule has 34 heavy (non-hydrogen) atoms. The maximum absolute atomic E-state index is 12.9. The van der Waals surface area contributed by atoms with Crippen molar-refractivity contribution in [2.24, 2.45) is 5.73 Å². The Morgan fingerprint density at radius 2 is 1.71 bits per heavy atom. The van der Waals surface area contributed by atoms with E-state index >= 15 is 0 Å². The van der Waals surface area contributed by atoms with E-state index in [1.165, 1.54) is 4.90 Å². The molecular formula is C22H30N4O7S. The number of likely N-dealkylation sites (tertiary alicyclic amines) is 1. The Hall–Kier alpha value is -3.12. The quantitative estimate of drug-likeness (QED) is 0.208. The second-order valence-electron chi connectivity index (χ2n) is 8.06. The number of amides is 3. The molecule has 3 amide bonds. The number of aliphatic carboxylic acids is 2. The molecule has 0 spiro atoms. The number of benzene rings is 1. The van der Waals surface area contributed by atoms with Crippen molar-refractivity contribution in [1.29, 1.82) is 0 Å². The summed E-state index contributed by atoms with van der Waals surface area (Å²) in [6, 6.07) is 4.66. The van der Waals surface area contributed by atoms with Crippen molar-refractivity contribution in [2.45, 2.75) is 56.3 Å². The van der Waals surface area contributed by atoms with Gasteiger partial charge in [0.2, 0.25) is 17.7 Å². The molecule has 1 aromatic rings. The first-order chi connectivity index (χ1) is 16.1. The molecule has 0 bridgehead atoms. The van der Waals surface area contributed by atoms with Crippen LogP contribution in [0.25, 0.3) is 0 Å². The molecule has 1 saturated heterocycles. The van der Waals surface area contributed by atoms with E-state index in [9.17, 15) is 29.1 Å². The van der Waals surface area contributed by atoms with Crippen LogP contribution in [0.4, 0.5) is 0 Å². The number of carbonyl (C=O) groups is 5. The molecule has 4 unspecified atom stereocenters. The zero-order chi connectivity index (χ0) is 25.3. The summed E-state index contributed by atoms with van der Waals surface area (Å²) in [7, 11) is 0. The maximum Gasteiger partial charge on any atom is 0.326 e. The summed E-state index contributed by atoms with van der Waals surface area (Å²) >= 11 is 4.10. The molecular weight excluding hydrogens is 464 g/mol. The van der Waals surface area contributed by atoms with Gasteiger partial charge in [0.05, 0.1) is 6.04 Å². The van der Waals surface area contributed by atoms with Crippen LogP contribution >= 0.6 is 12.6 Å². The lowest BCUT2D eigenvalue weighted by Crippen LogP contribution is -2.57. The van der Waals surface area contributed by atoms with Gasteiger partial charge in [0.25, 0.3) is 0 Å². The Kier molecular flexibility index (Phi) is 10.3. The number of hydrogen-bond acceptors (Lipinski definition) is 7. The minimum absolute atomic E-state index is 0.111. The molecule has 12 heteroatoms. The molecule has 186 valence electrons. The molecule has 0 saturated carbocycles. The highest BCUT2D eigenvalue weighted by atomic mass is 32.1. The van der Waals surface area contributed by atoms with Crippen molar-refractivity contribution in [2.75, 3.05) is 12.3 Å². The van der Waals surface area contributed by atoms with Gasteiger partial charge < -0.3 is 31.5 Å². The van der Waals surface area contributed by atoms with Crippen LogP contribution in [-0.4, -0.2) is 81.2 Å². The highest BCUT2D eigenvalue weighted by Crippen LogP contribution is 2.19. The molecule has 4 atom stereocenters. The van der Waals surface area contributed by atoms with E-state index < -0.39 is 60.2 Å². The monoisotopic (exact) mass is 494 g/mol. The summed E-state index contributed by atoms with van der Waals surface area (Å²) in [5.41, 5.74) is 6.78. The first-order valence-electron chi connectivity index (χ1n) is 10.9. The maximum atomic E-state index is 12.9. The largest absolute Gasteiger partial charge is 0.481 e. The summed E-state index contributed by atoms with van der Waals surface area (Å²) < 4.78 is 0. The van der Waals surface area contributed by atoms with E-state index in [-0.39, 0.29) is 25.1 Å². The minimum atomic E-state index is -1.26. The fraction of sp³-hybridized carbons (Fsp3) is 0.500. The van der Waals surface area contributed by atoms with Gasteiger partial charge in [-0.15, -0.1) is 0 Å². The summed E-state index contributed by atoms with van der Waals surface area (Å²) in [5, 5.41) is 23.3. The third-order valence-electron chi connectivity index (χ3n) is 5.53. The van der Waals surface area contributed by atoms with Crippen LogP contribution in [0.3, 0.4) is 0 Å². The van der Waals surface area contributed by atoms with Crippen LogP contribution in [0.1, 0.15) is 31.2 Å².